The number of rotatable bonds is 4. The zero-order valence-corrected chi connectivity index (χ0v) is 11.9. The average molecular weight is 288 g/mol. The molecule has 2 nitrogen and oxygen atoms in total. The Morgan fingerprint density at radius 3 is 2.56 bits per heavy atom. The van der Waals surface area contributed by atoms with E-state index < -0.39 is 0 Å². The van der Waals surface area contributed by atoms with E-state index >= 15 is 0 Å². The van der Waals surface area contributed by atoms with E-state index in [1.807, 2.05) is 6.07 Å². The first-order valence-electron chi connectivity index (χ1n) is 6.51. The van der Waals surface area contributed by atoms with Gasteiger partial charge in [-0.2, -0.15) is 0 Å². The van der Waals surface area contributed by atoms with Crippen molar-refractivity contribution in [2.24, 2.45) is 11.7 Å². The first-order valence-corrected chi connectivity index (χ1v) is 7.27. The van der Waals surface area contributed by atoms with Crippen LogP contribution >= 0.6 is 23.2 Å². The van der Waals surface area contributed by atoms with E-state index in [1.165, 1.54) is 32.1 Å². The van der Waals surface area contributed by atoms with Gasteiger partial charge in [0.15, 0.2) is 0 Å². The summed E-state index contributed by atoms with van der Waals surface area (Å²) in [6, 6.07) is 3.53. The van der Waals surface area contributed by atoms with Crippen LogP contribution in [0.25, 0.3) is 0 Å². The molecule has 1 aromatic carbocycles. The van der Waals surface area contributed by atoms with Crippen molar-refractivity contribution in [3.8, 4) is 5.75 Å². The maximum absolute atomic E-state index is 6.17. The van der Waals surface area contributed by atoms with Crippen molar-refractivity contribution in [3.63, 3.8) is 0 Å². The fourth-order valence-corrected chi connectivity index (χ4v) is 3.07. The molecule has 1 aromatic rings. The fourth-order valence-electron chi connectivity index (χ4n) is 2.48. The second-order valence-electron chi connectivity index (χ2n) is 4.90. The van der Waals surface area contributed by atoms with Gasteiger partial charge in [0.1, 0.15) is 5.75 Å². The van der Waals surface area contributed by atoms with Gasteiger partial charge in [0.2, 0.25) is 0 Å². The van der Waals surface area contributed by atoms with E-state index in [0.717, 1.165) is 12.2 Å². The summed E-state index contributed by atoms with van der Waals surface area (Å²) >= 11 is 12.1. The highest BCUT2D eigenvalue weighted by molar-refractivity contribution is 6.35. The molecule has 0 atom stereocenters. The fraction of sp³-hybridized carbons (Fsp3) is 0.571. The molecule has 0 spiro atoms. The molecule has 4 heteroatoms. The molecular weight excluding hydrogens is 269 g/mol. The lowest BCUT2D eigenvalue weighted by atomic mass is 9.90. The maximum Gasteiger partial charge on any atom is 0.142 e. The zero-order chi connectivity index (χ0) is 13.0. The first-order chi connectivity index (χ1) is 8.70. The van der Waals surface area contributed by atoms with Gasteiger partial charge in [0.25, 0.3) is 0 Å². The predicted molar refractivity (Wildman–Crippen MR) is 76.4 cm³/mol. The maximum atomic E-state index is 6.17. The second-order valence-corrected chi connectivity index (χ2v) is 5.74. The Bertz CT molecular complexity index is 403. The van der Waals surface area contributed by atoms with E-state index in [2.05, 4.69) is 0 Å². The van der Waals surface area contributed by atoms with E-state index in [9.17, 15) is 0 Å². The van der Waals surface area contributed by atoms with Gasteiger partial charge in [-0.3, -0.25) is 0 Å². The quantitative estimate of drug-likeness (QED) is 0.890. The molecule has 100 valence electrons. The molecular formula is C14H19Cl2NO. The van der Waals surface area contributed by atoms with E-state index in [4.69, 9.17) is 33.7 Å². The van der Waals surface area contributed by atoms with Crippen molar-refractivity contribution in [1.29, 1.82) is 0 Å². The molecule has 0 amide bonds. The lowest BCUT2D eigenvalue weighted by Gasteiger charge is -2.22. The molecule has 0 radical (unpaired) electrons. The third-order valence-electron chi connectivity index (χ3n) is 3.49. The van der Waals surface area contributed by atoms with Crippen LogP contribution < -0.4 is 10.5 Å². The van der Waals surface area contributed by atoms with E-state index in [1.54, 1.807) is 6.07 Å². The summed E-state index contributed by atoms with van der Waals surface area (Å²) in [4.78, 5) is 0. The Kier molecular flexibility index (Phi) is 5.16. The van der Waals surface area contributed by atoms with E-state index in [0.29, 0.717) is 28.3 Å². The predicted octanol–water partition coefficient (Wildman–Crippen LogP) is 4.41. The van der Waals surface area contributed by atoms with Gasteiger partial charge in [0.05, 0.1) is 11.6 Å². The standard InChI is InChI=1S/C14H19Cl2NO/c15-12-6-11(8-17)14(13(16)7-12)18-9-10-4-2-1-3-5-10/h6-7,10H,1-5,8-9,17H2. The minimum atomic E-state index is 0.389. The van der Waals surface area contributed by atoms with Crippen LogP contribution in [0.2, 0.25) is 10.0 Å². The Hall–Kier alpha value is -0.440. The van der Waals surface area contributed by atoms with Crippen LogP contribution in [-0.4, -0.2) is 6.61 Å². The monoisotopic (exact) mass is 287 g/mol. The summed E-state index contributed by atoms with van der Waals surface area (Å²) in [7, 11) is 0. The smallest absolute Gasteiger partial charge is 0.142 e. The molecule has 1 aliphatic rings. The minimum absolute atomic E-state index is 0.389. The van der Waals surface area contributed by atoms with Crippen LogP contribution in [0, 0.1) is 5.92 Å². The zero-order valence-electron chi connectivity index (χ0n) is 10.4. The number of benzene rings is 1. The molecule has 0 heterocycles. The SMILES string of the molecule is NCc1cc(Cl)cc(Cl)c1OCC1CCCCC1. The summed E-state index contributed by atoms with van der Waals surface area (Å²) < 4.78 is 5.88. The van der Waals surface area contributed by atoms with Gasteiger partial charge in [-0.25, -0.2) is 0 Å². The van der Waals surface area contributed by atoms with Gasteiger partial charge in [0, 0.05) is 17.1 Å². The van der Waals surface area contributed by atoms with Crippen molar-refractivity contribution in [1.82, 2.24) is 0 Å². The number of hydrogen-bond acceptors (Lipinski definition) is 2. The van der Waals surface area contributed by atoms with Crippen molar-refractivity contribution < 1.29 is 4.74 Å². The van der Waals surface area contributed by atoms with Crippen molar-refractivity contribution in [3.05, 3.63) is 27.7 Å². The number of hydrogen-bond donors (Lipinski definition) is 1. The topological polar surface area (TPSA) is 35.2 Å². The van der Waals surface area contributed by atoms with Crippen LogP contribution in [0.4, 0.5) is 0 Å². The normalized spacial score (nSPS) is 16.8. The minimum Gasteiger partial charge on any atom is -0.491 e. The lowest BCUT2D eigenvalue weighted by molar-refractivity contribution is 0.207. The average Bonchev–Trinajstić information content (AvgIpc) is 2.38. The number of halogens is 2. The molecule has 0 aliphatic heterocycles. The molecule has 1 aliphatic carbocycles. The molecule has 1 saturated carbocycles. The van der Waals surface area contributed by atoms with Crippen molar-refractivity contribution in [2.75, 3.05) is 6.61 Å². The third-order valence-corrected chi connectivity index (χ3v) is 3.99. The van der Waals surface area contributed by atoms with Crippen LogP contribution in [0.15, 0.2) is 12.1 Å². The molecule has 0 aromatic heterocycles. The Morgan fingerprint density at radius 2 is 1.89 bits per heavy atom. The molecule has 2 N–H and O–H groups in total. The van der Waals surface area contributed by atoms with Crippen molar-refractivity contribution >= 4 is 23.2 Å². The Morgan fingerprint density at radius 1 is 1.17 bits per heavy atom. The van der Waals surface area contributed by atoms with Crippen LogP contribution in [0.1, 0.15) is 37.7 Å². The summed E-state index contributed by atoms with van der Waals surface area (Å²) in [5.41, 5.74) is 6.58. The van der Waals surface area contributed by atoms with Gasteiger partial charge < -0.3 is 10.5 Å². The molecule has 0 unspecified atom stereocenters. The molecule has 0 saturated heterocycles. The molecule has 2 rings (SSSR count). The summed E-state index contributed by atoms with van der Waals surface area (Å²) in [5, 5.41) is 1.16. The molecule has 1 fully saturated rings. The number of ether oxygens (including phenoxy) is 1. The first kappa shape index (κ1) is 14.0. The van der Waals surface area contributed by atoms with Crippen molar-refractivity contribution in [2.45, 2.75) is 38.6 Å². The van der Waals surface area contributed by atoms with Gasteiger partial charge in [-0.05, 0) is 30.9 Å². The highest BCUT2D eigenvalue weighted by Crippen LogP contribution is 2.33. The largest absolute Gasteiger partial charge is 0.491 e. The third kappa shape index (κ3) is 3.53. The van der Waals surface area contributed by atoms with Gasteiger partial charge >= 0.3 is 0 Å². The summed E-state index contributed by atoms with van der Waals surface area (Å²) in [6.45, 7) is 1.12. The van der Waals surface area contributed by atoms with Gasteiger partial charge in [-0.1, -0.05) is 42.5 Å². The molecule has 0 bridgehead atoms. The molecule has 18 heavy (non-hydrogen) atoms. The van der Waals surface area contributed by atoms with Crippen LogP contribution in [0.3, 0.4) is 0 Å². The Labute approximate surface area is 118 Å². The van der Waals surface area contributed by atoms with Gasteiger partial charge in [-0.15, -0.1) is 0 Å². The van der Waals surface area contributed by atoms with E-state index in [-0.39, 0.29) is 0 Å². The highest BCUT2D eigenvalue weighted by Gasteiger charge is 2.16. The second kappa shape index (κ2) is 6.65. The summed E-state index contributed by atoms with van der Waals surface area (Å²) in [6.07, 6.45) is 6.48. The van der Waals surface area contributed by atoms with Crippen LogP contribution in [-0.2, 0) is 6.54 Å². The Balaban J connectivity index is 2.03. The summed E-state index contributed by atoms with van der Waals surface area (Å²) in [5.74, 6) is 1.35. The van der Waals surface area contributed by atoms with Crippen LogP contribution in [0.5, 0.6) is 5.75 Å². The lowest BCUT2D eigenvalue weighted by Crippen LogP contribution is -2.16. The number of nitrogens with two attached hydrogens (primary N) is 1. The highest BCUT2D eigenvalue weighted by atomic mass is 35.5.